The quantitative estimate of drug-likeness (QED) is 0.389. The third-order valence-electron chi connectivity index (χ3n) is 2.82. The molecule has 0 aliphatic carbocycles. The highest BCUT2D eigenvalue weighted by atomic mass is 19.4. The van der Waals surface area contributed by atoms with Crippen molar-refractivity contribution in [2.45, 2.75) is 12.7 Å². The molecule has 1 aromatic carbocycles. The Hall–Kier alpha value is -2.84. The van der Waals surface area contributed by atoms with Gasteiger partial charge in [0.2, 0.25) is 0 Å². The minimum atomic E-state index is -5.23. The molecule has 3 N–H and O–H groups in total. The summed E-state index contributed by atoms with van der Waals surface area (Å²) in [5, 5.41) is 8.04. The number of fused-ring (bicyclic) bond motifs is 1. The van der Waals surface area contributed by atoms with Crippen molar-refractivity contribution in [3.8, 4) is 0 Å². The maximum atomic E-state index is 12.0. The van der Waals surface area contributed by atoms with E-state index in [2.05, 4.69) is 4.74 Å². The van der Waals surface area contributed by atoms with Crippen LogP contribution in [-0.4, -0.2) is 28.5 Å². The molecule has 9 heteroatoms. The normalized spacial score (nSPS) is 11.4. The molecule has 0 atom stereocenters. The number of nitrogens with two attached hydrogens (primary N) is 1. The molecule has 1 aromatic heterocycles. The maximum Gasteiger partial charge on any atom is 0.491 e. The van der Waals surface area contributed by atoms with E-state index in [0.717, 1.165) is 0 Å². The van der Waals surface area contributed by atoms with E-state index in [0.29, 0.717) is 16.5 Å². The molecule has 116 valence electrons. The number of nitrogen functional groups attached to an aromatic ring is 1. The Morgan fingerprint density at radius 2 is 1.95 bits per heavy atom. The van der Waals surface area contributed by atoms with Gasteiger partial charge in [0.05, 0.1) is 0 Å². The largest absolute Gasteiger partial charge is 0.491 e. The Bertz CT molecular complexity index is 765. The van der Waals surface area contributed by atoms with E-state index < -0.39 is 24.7 Å². The molecule has 6 nitrogen and oxygen atoms in total. The van der Waals surface area contributed by atoms with Gasteiger partial charge in [0.25, 0.3) is 0 Å². The second-order valence-corrected chi connectivity index (χ2v) is 4.39. The molecular weight excluding hydrogens is 303 g/mol. The van der Waals surface area contributed by atoms with Crippen LogP contribution in [0.2, 0.25) is 0 Å². The summed E-state index contributed by atoms with van der Waals surface area (Å²) in [5.41, 5.74) is 6.22. The number of hydrogen-bond donors (Lipinski definition) is 2. The Labute approximate surface area is 121 Å². The first-order valence-electron chi connectivity index (χ1n) is 5.93. The van der Waals surface area contributed by atoms with Crippen molar-refractivity contribution in [3.63, 3.8) is 0 Å². The van der Waals surface area contributed by atoms with Crippen LogP contribution >= 0.6 is 0 Å². The van der Waals surface area contributed by atoms with Crippen molar-refractivity contribution in [2.24, 2.45) is 5.73 Å². The first-order valence-corrected chi connectivity index (χ1v) is 5.93. The van der Waals surface area contributed by atoms with Gasteiger partial charge in [-0.1, -0.05) is 12.1 Å². The number of benzene rings is 1. The third-order valence-corrected chi connectivity index (χ3v) is 2.82. The zero-order valence-corrected chi connectivity index (χ0v) is 11.0. The van der Waals surface area contributed by atoms with Crippen LogP contribution in [-0.2, 0) is 20.9 Å². The predicted octanol–water partition coefficient (Wildman–Crippen LogP) is 1.56. The Kier molecular flexibility index (Phi) is 3.89. The average Bonchev–Trinajstić information content (AvgIpc) is 2.80. The highest BCUT2D eigenvalue weighted by molar-refractivity contribution is 5.98. The van der Waals surface area contributed by atoms with E-state index in [1.807, 2.05) is 0 Å². The average molecular weight is 313 g/mol. The van der Waals surface area contributed by atoms with Crippen molar-refractivity contribution < 1.29 is 27.5 Å². The Morgan fingerprint density at radius 3 is 2.55 bits per heavy atom. The summed E-state index contributed by atoms with van der Waals surface area (Å²) in [5.74, 6) is -4.09. The number of hydrogen-bond acceptors (Lipinski definition) is 4. The van der Waals surface area contributed by atoms with Gasteiger partial charge in [-0.3, -0.25) is 5.41 Å². The van der Waals surface area contributed by atoms with Crippen LogP contribution in [0.25, 0.3) is 10.9 Å². The zero-order chi connectivity index (χ0) is 16.5. The standard InChI is InChI=1S/C13H10F3N3O3/c14-13(15,16)12(21)22-10(20)6-19-4-3-7-1-2-8(11(17)18)5-9(7)19/h1-5H,6H2,(H3,17,18). The van der Waals surface area contributed by atoms with Crippen molar-refractivity contribution in [1.82, 2.24) is 4.57 Å². The number of amidine groups is 1. The summed E-state index contributed by atoms with van der Waals surface area (Å²) in [6.45, 7) is -0.577. The fourth-order valence-corrected chi connectivity index (χ4v) is 1.82. The first kappa shape index (κ1) is 15.5. The Morgan fingerprint density at radius 1 is 1.27 bits per heavy atom. The molecule has 1 heterocycles. The van der Waals surface area contributed by atoms with Crippen LogP contribution in [0, 0.1) is 5.41 Å². The second-order valence-electron chi connectivity index (χ2n) is 4.39. The van der Waals surface area contributed by atoms with E-state index in [1.165, 1.54) is 16.8 Å². The van der Waals surface area contributed by atoms with E-state index in [-0.39, 0.29) is 5.84 Å². The second kappa shape index (κ2) is 5.51. The first-order chi connectivity index (χ1) is 10.2. The van der Waals surface area contributed by atoms with Gasteiger partial charge in [0.15, 0.2) is 0 Å². The lowest BCUT2D eigenvalue weighted by molar-refractivity contribution is -0.202. The highest BCUT2D eigenvalue weighted by Gasteiger charge is 2.42. The SMILES string of the molecule is N=C(N)c1ccc2ccn(CC(=O)OC(=O)C(F)(F)F)c2c1. The van der Waals surface area contributed by atoms with Gasteiger partial charge in [0.1, 0.15) is 12.4 Å². The summed E-state index contributed by atoms with van der Waals surface area (Å²) in [4.78, 5) is 22.0. The van der Waals surface area contributed by atoms with Crippen molar-refractivity contribution in [2.75, 3.05) is 0 Å². The van der Waals surface area contributed by atoms with E-state index in [1.54, 1.807) is 18.2 Å². The zero-order valence-electron chi connectivity index (χ0n) is 11.0. The summed E-state index contributed by atoms with van der Waals surface area (Å²) < 4.78 is 41.1. The van der Waals surface area contributed by atoms with E-state index >= 15 is 0 Å². The van der Waals surface area contributed by atoms with Crippen LogP contribution in [0.4, 0.5) is 13.2 Å². The van der Waals surface area contributed by atoms with Crippen molar-refractivity contribution in [3.05, 3.63) is 36.0 Å². The third kappa shape index (κ3) is 3.25. The van der Waals surface area contributed by atoms with Crippen LogP contribution in [0.3, 0.4) is 0 Å². The summed E-state index contributed by atoms with van der Waals surface area (Å²) in [6.07, 6.45) is -3.77. The molecule has 2 aromatic rings. The number of nitrogens with zero attached hydrogens (tertiary/aromatic N) is 1. The minimum Gasteiger partial charge on any atom is -0.385 e. The molecule has 0 aliphatic heterocycles. The molecule has 0 bridgehead atoms. The number of nitrogens with one attached hydrogen (secondary N) is 1. The molecular formula is C13H10F3N3O3. The number of carbonyl (C=O) groups is 2. The van der Waals surface area contributed by atoms with Gasteiger partial charge in [-0.25, -0.2) is 9.59 Å². The van der Waals surface area contributed by atoms with Crippen molar-refractivity contribution >= 4 is 28.7 Å². The molecule has 2 rings (SSSR count). The smallest absolute Gasteiger partial charge is 0.385 e. The molecule has 22 heavy (non-hydrogen) atoms. The van der Waals surface area contributed by atoms with Gasteiger partial charge < -0.3 is 15.0 Å². The molecule has 0 fully saturated rings. The Balaban J connectivity index is 2.21. The molecule has 0 saturated heterocycles. The summed E-state index contributed by atoms with van der Waals surface area (Å²) in [6, 6.07) is 6.38. The summed E-state index contributed by atoms with van der Waals surface area (Å²) >= 11 is 0. The molecule has 0 aliphatic rings. The van der Waals surface area contributed by atoms with Gasteiger partial charge in [0, 0.05) is 17.3 Å². The lowest BCUT2D eigenvalue weighted by Crippen LogP contribution is -2.29. The molecule has 0 unspecified atom stereocenters. The monoisotopic (exact) mass is 313 g/mol. The summed E-state index contributed by atoms with van der Waals surface area (Å²) in [7, 11) is 0. The lowest BCUT2D eigenvalue weighted by Gasteiger charge is -2.08. The van der Waals surface area contributed by atoms with Gasteiger partial charge >= 0.3 is 18.1 Å². The maximum absolute atomic E-state index is 12.0. The van der Waals surface area contributed by atoms with Crippen LogP contribution in [0.15, 0.2) is 30.5 Å². The minimum absolute atomic E-state index is 0.190. The van der Waals surface area contributed by atoms with E-state index in [9.17, 15) is 22.8 Å². The number of rotatable bonds is 3. The molecule has 0 saturated carbocycles. The molecule has 0 amide bonds. The number of esters is 2. The number of carbonyl (C=O) groups excluding carboxylic acids is 2. The lowest BCUT2D eigenvalue weighted by atomic mass is 10.1. The fourth-order valence-electron chi connectivity index (χ4n) is 1.82. The predicted molar refractivity (Wildman–Crippen MR) is 70.1 cm³/mol. The highest BCUT2D eigenvalue weighted by Crippen LogP contribution is 2.19. The number of aromatic nitrogens is 1. The van der Waals surface area contributed by atoms with Crippen LogP contribution in [0.1, 0.15) is 5.56 Å². The van der Waals surface area contributed by atoms with Crippen LogP contribution in [0.5, 0.6) is 0 Å². The van der Waals surface area contributed by atoms with Crippen molar-refractivity contribution in [1.29, 1.82) is 5.41 Å². The van der Waals surface area contributed by atoms with Gasteiger partial charge in [-0.15, -0.1) is 0 Å². The molecule has 0 spiro atoms. The molecule has 0 radical (unpaired) electrons. The topological polar surface area (TPSA) is 98.2 Å². The number of alkyl halides is 3. The van der Waals surface area contributed by atoms with E-state index in [4.69, 9.17) is 11.1 Å². The fraction of sp³-hybridized carbons (Fsp3) is 0.154. The number of halogens is 3. The van der Waals surface area contributed by atoms with Crippen LogP contribution < -0.4 is 5.73 Å². The van der Waals surface area contributed by atoms with Gasteiger partial charge in [-0.2, -0.15) is 13.2 Å². The number of ether oxygens (including phenoxy) is 1. The van der Waals surface area contributed by atoms with Gasteiger partial charge in [-0.05, 0) is 17.5 Å².